The van der Waals surface area contributed by atoms with Gasteiger partial charge in [0.25, 0.3) is 0 Å². The molecule has 3 heterocycles. The van der Waals surface area contributed by atoms with Crippen LogP contribution in [0.4, 0.5) is 16.2 Å². The maximum atomic E-state index is 12.2. The van der Waals surface area contributed by atoms with Gasteiger partial charge in [-0.25, -0.2) is 9.78 Å². The number of aromatic nitrogens is 2. The van der Waals surface area contributed by atoms with E-state index in [1.54, 1.807) is 6.20 Å². The predicted molar refractivity (Wildman–Crippen MR) is 121 cm³/mol. The fourth-order valence-electron chi connectivity index (χ4n) is 3.12. The van der Waals surface area contributed by atoms with Crippen molar-refractivity contribution in [3.63, 3.8) is 0 Å². The molecule has 4 aromatic rings. The summed E-state index contributed by atoms with van der Waals surface area (Å²) in [6.45, 7) is 3.21. The van der Waals surface area contributed by atoms with Crippen molar-refractivity contribution in [1.82, 2.24) is 20.6 Å². The van der Waals surface area contributed by atoms with Crippen molar-refractivity contribution in [1.29, 1.82) is 0 Å². The average Bonchev–Trinajstić information content (AvgIpc) is 3.42. The molecule has 8 heteroatoms. The van der Waals surface area contributed by atoms with Crippen molar-refractivity contribution in [2.45, 2.75) is 13.0 Å². The Bertz CT molecular complexity index is 1110. The maximum absolute atomic E-state index is 12.2. The Morgan fingerprint density at radius 3 is 2.87 bits per heavy atom. The van der Waals surface area contributed by atoms with Crippen LogP contribution in [0.1, 0.15) is 18.5 Å². The van der Waals surface area contributed by atoms with Gasteiger partial charge in [-0.2, -0.15) is 0 Å². The molecule has 1 amide bonds. The Hall–Kier alpha value is -3.36. The summed E-state index contributed by atoms with van der Waals surface area (Å²) in [5.74, 6) is 0. The van der Waals surface area contributed by atoms with E-state index in [2.05, 4.69) is 45.0 Å². The molecule has 0 aliphatic carbocycles. The van der Waals surface area contributed by atoms with Gasteiger partial charge in [-0.05, 0) is 36.1 Å². The third-order valence-electron chi connectivity index (χ3n) is 4.69. The second-order valence-corrected chi connectivity index (χ2v) is 7.63. The quantitative estimate of drug-likeness (QED) is 0.307. The molecular formula is C22H23N5O2S. The summed E-state index contributed by atoms with van der Waals surface area (Å²) in [6, 6.07) is 16.1. The largest absolute Gasteiger partial charge is 0.413 e. The van der Waals surface area contributed by atoms with Gasteiger partial charge in [-0.15, -0.1) is 11.3 Å². The van der Waals surface area contributed by atoms with Gasteiger partial charge in [0.05, 0.1) is 11.4 Å². The molecule has 3 aromatic heterocycles. The van der Waals surface area contributed by atoms with Crippen LogP contribution in [0.15, 0.2) is 66.3 Å². The summed E-state index contributed by atoms with van der Waals surface area (Å²) >= 11 is 1.36. The van der Waals surface area contributed by atoms with Crippen LogP contribution < -0.4 is 20.7 Å². The van der Waals surface area contributed by atoms with E-state index < -0.39 is 6.09 Å². The monoisotopic (exact) mass is 421 g/mol. The lowest BCUT2D eigenvalue weighted by molar-refractivity contribution is 0.202. The van der Waals surface area contributed by atoms with E-state index in [1.807, 2.05) is 48.0 Å². The maximum Gasteiger partial charge on any atom is 0.413 e. The lowest BCUT2D eigenvalue weighted by atomic mass is 10.1. The van der Waals surface area contributed by atoms with Crippen LogP contribution in [0.5, 0.6) is 5.06 Å². The van der Waals surface area contributed by atoms with Gasteiger partial charge in [-0.1, -0.05) is 30.3 Å². The highest BCUT2D eigenvalue weighted by Gasteiger charge is 2.13. The van der Waals surface area contributed by atoms with Crippen LogP contribution in [-0.4, -0.2) is 29.2 Å². The molecule has 4 rings (SSSR count). The molecule has 30 heavy (non-hydrogen) atoms. The number of rotatable bonds is 8. The highest BCUT2D eigenvalue weighted by molar-refractivity contribution is 7.12. The number of nitrogens with one attached hydrogen (secondary N) is 4. The molecule has 4 N–H and O–H groups in total. The van der Waals surface area contributed by atoms with E-state index in [9.17, 15) is 4.79 Å². The Morgan fingerprint density at radius 2 is 2.00 bits per heavy atom. The average molecular weight is 422 g/mol. The van der Waals surface area contributed by atoms with Crippen molar-refractivity contribution in [2.75, 3.05) is 18.4 Å². The fourth-order valence-corrected chi connectivity index (χ4v) is 3.81. The zero-order chi connectivity index (χ0) is 20.8. The molecule has 0 radical (unpaired) electrons. The third-order valence-corrected chi connectivity index (χ3v) is 5.48. The summed E-state index contributed by atoms with van der Waals surface area (Å²) in [4.78, 5) is 19.6. The number of fused-ring (bicyclic) bond motifs is 1. The van der Waals surface area contributed by atoms with Gasteiger partial charge < -0.3 is 25.7 Å². The lowest BCUT2D eigenvalue weighted by Crippen LogP contribution is -2.34. The smallest absolute Gasteiger partial charge is 0.397 e. The fraction of sp³-hybridized carbons (Fsp3) is 0.182. The summed E-state index contributed by atoms with van der Waals surface area (Å²) in [5.41, 5.74) is 3.64. The van der Waals surface area contributed by atoms with E-state index in [1.165, 1.54) is 16.9 Å². The van der Waals surface area contributed by atoms with E-state index >= 15 is 0 Å². The van der Waals surface area contributed by atoms with E-state index in [-0.39, 0.29) is 6.04 Å². The molecule has 0 saturated heterocycles. The number of carbonyl (C=O) groups is 1. The molecule has 0 saturated carbocycles. The highest BCUT2D eigenvalue weighted by Crippen LogP contribution is 2.35. The number of amides is 1. The number of thiophene rings is 1. The molecule has 0 aliphatic heterocycles. The first-order valence-corrected chi connectivity index (χ1v) is 10.6. The second-order valence-electron chi connectivity index (χ2n) is 6.75. The van der Waals surface area contributed by atoms with Crippen LogP contribution >= 0.6 is 11.3 Å². The van der Waals surface area contributed by atoms with Crippen molar-refractivity contribution < 1.29 is 9.53 Å². The van der Waals surface area contributed by atoms with Crippen LogP contribution in [-0.2, 0) is 0 Å². The van der Waals surface area contributed by atoms with E-state index in [4.69, 9.17) is 4.74 Å². The van der Waals surface area contributed by atoms with Gasteiger partial charge in [0, 0.05) is 36.9 Å². The molecule has 154 valence electrons. The first-order valence-electron chi connectivity index (χ1n) is 9.71. The van der Waals surface area contributed by atoms with Crippen molar-refractivity contribution >= 4 is 39.8 Å². The Labute approximate surface area is 178 Å². The number of pyridine rings is 1. The van der Waals surface area contributed by atoms with Crippen LogP contribution in [0.25, 0.3) is 11.0 Å². The summed E-state index contributed by atoms with van der Waals surface area (Å²) < 4.78 is 5.50. The van der Waals surface area contributed by atoms with Gasteiger partial charge in [0.15, 0.2) is 0 Å². The first kappa shape index (κ1) is 19.9. The van der Waals surface area contributed by atoms with Gasteiger partial charge >= 0.3 is 6.09 Å². The molecule has 0 aliphatic rings. The number of nitrogens with zero attached hydrogens (tertiary/aromatic N) is 1. The van der Waals surface area contributed by atoms with Gasteiger partial charge in [-0.3, -0.25) is 0 Å². The number of hydrogen-bond acceptors (Lipinski definition) is 6. The Kier molecular flexibility index (Phi) is 6.26. The Morgan fingerprint density at radius 1 is 1.13 bits per heavy atom. The Balaban J connectivity index is 1.27. The van der Waals surface area contributed by atoms with E-state index in [0.29, 0.717) is 18.2 Å². The minimum atomic E-state index is -0.476. The number of carbonyl (C=O) groups excluding carboxylic acids is 1. The van der Waals surface area contributed by atoms with Crippen LogP contribution in [0.2, 0.25) is 0 Å². The second kappa shape index (κ2) is 9.43. The van der Waals surface area contributed by atoms with Crippen molar-refractivity contribution in [3.05, 3.63) is 71.9 Å². The molecule has 7 nitrogen and oxygen atoms in total. The number of H-pyrrole nitrogens is 1. The van der Waals surface area contributed by atoms with Gasteiger partial charge in [0.2, 0.25) is 5.06 Å². The molecule has 0 spiro atoms. The van der Waals surface area contributed by atoms with Crippen molar-refractivity contribution in [3.8, 4) is 5.06 Å². The number of benzene rings is 1. The SMILES string of the molecule is CC(NCCNC(=O)Oc1sccc1Nc1ccnc2[nH]ccc12)c1ccccc1. The lowest BCUT2D eigenvalue weighted by Gasteiger charge is -2.14. The number of hydrogen-bond donors (Lipinski definition) is 4. The minimum Gasteiger partial charge on any atom is -0.397 e. The minimum absolute atomic E-state index is 0.211. The topological polar surface area (TPSA) is 91.1 Å². The number of ether oxygens (including phenoxy) is 1. The third kappa shape index (κ3) is 4.79. The van der Waals surface area contributed by atoms with Crippen LogP contribution in [0, 0.1) is 0 Å². The predicted octanol–water partition coefficient (Wildman–Crippen LogP) is 4.81. The number of aromatic amines is 1. The standard InChI is InChI=1S/C22H23N5O2S/c1-15(16-5-3-2-4-6-16)23-12-13-26-22(28)29-21-19(9-14-30-21)27-18-8-11-25-20-17(18)7-10-24-20/h2-11,14-15,23H,12-13H2,1H3,(H,26,28)(H2,24,25,27). The van der Waals surface area contributed by atoms with E-state index in [0.717, 1.165) is 22.4 Å². The zero-order valence-corrected chi connectivity index (χ0v) is 17.3. The molecular weight excluding hydrogens is 398 g/mol. The first-order chi connectivity index (χ1) is 14.7. The molecule has 0 bridgehead atoms. The zero-order valence-electron chi connectivity index (χ0n) is 16.5. The van der Waals surface area contributed by atoms with Crippen LogP contribution in [0.3, 0.4) is 0 Å². The highest BCUT2D eigenvalue weighted by atomic mass is 32.1. The normalized spacial score (nSPS) is 11.9. The molecule has 1 aromatic carbocycles. The summed E-state index contributed by atoms with van der Waals surface area (Å²) in [5, 5.41) is 12.8. The van der Waals surface area contributed by atoms with Gasteiger partial charge in [0.1, 0.15) is 5.65 Å². The molecule has 1 unspecified atom stereocenters. The molecule has 0 fully saturated rings. The van der Waals surface area contributed by atoms with Crippen molar-refractivity contribution in [2.24, 2.45) is 0 Å². The summed E-state index contributed by atoms with van der Waals surface area (Å²) in [7, 11) is 0. The molecule has 1 atom stereocenters. The number of anilines is 2. The summed E-state index contributed by atoms with van der Waals surface area (Å²) in [6.07, 6.45) is 3.09.